The zero-order valence-electron chi connectivity index (χ0n) is 11.0. The number of hydrogen-bond acceptors (Lipinski definition) is 5. The highest BCUT2D eigenvalue weighted by atomic mass is 32.1. The second-order valence-electron chi connectivity index (χ2n) is 3.66. The van der Waals surface area contributed by atoms with E-state index in [4.69, 9.17) is 5.73 Å². The van der Waals surface area contributed by atoms with E-state index in [0.717, 1.165) is 11.3 Å². The van der Waals surface area contributed by atoms with Crippen molar-refractivity contribution in [3.63, 3.8) is 0 Å². The summed E-state index contributed by atoms with van der Waals surface area (Å²) in [5, 5.41) is 8.77. The van der Waals surface area contributed by atoms with Gasteiger partial charge in [0.25, 0.3) is 11.8 Å². The van der Waals surface area contributed by atoms with Gasteiger partial charge >= 0.3 is 0 Å². The Morgan fingerprint density at radius 1 is 1.42 bits per heavy atom. The molecular weight excluding hydrogens is 264 g/mol. The molecule has 0 saturated heterocycles. The third-order valence-electron chi connectivity index (χ3n) is 2.35. The van der Waals surface area contributed by atoms with Crippen molar-refractivity contribution >= 4 is 33.8 Å². The molecule has 1 rings (SSSR count). The molecule has 0 aliphatic carbocycles. The molecule has 0 bridgehead atoms. The van der Waals surface area contributed by atoms with Gasteiger partial charge in [-0.2, -0.15) is 0 Å². The fourth-order valence-electron chi connectivity index (χ4n) is 1.49. The van der Waals surface area contributed by atoms with Crippen LogP contribution in [0.1, 0.15) is 27.0 Å². The number of hydrogen-bond donors (Lipinski definition) is 4. The van der Waals surface area contributed by atoms with E-state index in [1.165, 1.54) is 7.05 Å². The van der Waals surface area contributed by atoms with Crippen LogP contribution in [0.25, 0.3) is 0 Å². The average molecular weight is 282 g/mol. The first kappa shape index (κ1) is 15.0. The third-order valence-corrected chi connectivity index (χ3v) is 3.51. The van der Waals surface area contributed by atoms with Crippen molar-refractivity contribution in [2.75, 3.05) is 31.2 Å². The molecule has 2 amide bonds. The van der Waals surface area contributed by atoms with Crippen molar-refractivity contribution in [2.45, 2.75) is 6.92 Å². The monoisotopic (exact) mass is 282 g/mol. The van der Waals surface area contributed by atoms with Crippen LogP contribution in [0, 0.1) is 0 Å². The van der Waals surface area contributed by atoms with Crippen LogP contribution in [0.5, 0.6) is 0 Å². The Kier molecular flexibility index (Phi) is 5.37. The van der Waals surface area contributed by atoms with E-state index < -0.39 is 0 Å². The van der Waals surface area contributed by atoms with Crippen molar-refractivity contribution in [2.24, 2.45) is 0 Å². The first-order chi connectivity index (χ1) is 9.06. The topological polar surface area (TPSA) is 96.2 Å². The predicted molar refractivity (Wildman–Crippen MR) is 78.8 cm³/mol. The number of amides is 2. The SMILES string of the molecule is C=CCNc1sc(C(=O)NCC)c(N)c1C(=O)NC. The standard InChI is InChI=1S/C12H18N4O2S/c1-4-6-16-12-7(10(17)14-3)8(13)9(19-12)11(18)15-5-2/h4,16H,1,5-6,13H2,2-3H3,(H,14,17)(H,15,18). The maximum absolute atomic E-state index is 11.9. The van der Waals surface area contributed by atoms with Gasteiger partial charge in [-0.3, -0.25) is 9.59 Å². The van der Waals surface area contributed by atoms with E-state index in [9.17, 15) is 9.59 Å². The van der Waals surface area contributed by atoms with Crippen LogP contribution >= 0.6 is 11.3 Å². The van der Waals surface area contributed by atoms with Gasteiger partial charge in [-0.15, -0.1) is 17.9 Å². The molecule has 0 fully saturated rings. The molecule has 0 atom stereocenters. The highest BCUT2D eigenvalue weighted by Crippen LogP contribution is 2.35. The summed E-state index contributed by atoms with van der Waals surface area (Å²) in [4.78, 5) is 24.0. The molecule has 19 heavy (non-hydrogen) atoms. The van der Waals surface area contributed by atoms with E-state index in [2.05, 4.69) is 22.5 Å². The van der Waals surface area contributed by atoms with E-state index >= 15 is 0 Å². The summed E-state index contributed by atoms with van der Waals surface area (Å²) in [6.45, 7) is 6.40. The van der Waals surface area contributed by atoms with E-state index in [0.29, 0.717) is 28.5 Å². The quantitative estimate of drug-likeness (QED) is 0.586. The van der Waals surface area contributed by atoms with Gasteiger partial charge in [0, 0.05) is 20.1 Å². The van der Waals surface area contributed by atoms with Crippen molar-refractivity contribution in [3.05, 3.63) is 23.1 Å². The van der Waals surface area contributed by atoms with Gasteiger partial charge in [0.2, 0.25) is 0 Å². The smallest absolute Gasteiger partial charge is 0.263 e. The van der Waals surface area contributed by atoms with Gasteiger partial charge in [0.05, 0.1) is 11.3 Å². The van der Waals surface area contributed by atoms with Crippen LogP contribution in [0.15, 0.2) is 12.7 Å². The zero-order valence-corrected chi connectivity index (χ0v) is 11.8. The predicted octanol–water partition coefficient (Wildman–Crippen LogP) is 1.04. The molecule has 0 radical (unpaired) electrons. The fraction of sp³-hybridized carbons (Fsp3) is 0.333. The summed E-state index contributed by atoms with van der Waals surface area (Å²) in [7, 11) is 1.52. The van der Waals surface area contributed by atoms with E-state index in [-0.39, 0.29) is 17.5 Å². The molecule has 104 valence electrons. The van der Waals surface area contributed by atoms with E-state index in [1.54, 1.807) is 6.08 Å². The highest BCUT2D eigenvalue weighted by molar-refractivity contribution is 7.19. The van der Waals surface area contributed by atoms with Crippen molar-refractivity contribution in [3.8, 4) is 0 Å². The van der Waals surface area contributed by atoms with Gasteiger partial charge in [0.1, 0.15) is 9.88 Å². The zero-order chi connectivity index (χ0) is 14.4. The first-order valence-electron chi connectivity index (χ1n) is 5.84. The minimum Gasteiger partial charge on any atom is -0.397 e. The van der Waals surface area contributed by atoms with E-state index in [1.807, 2.05) is 6.92 Å². The molecule has 1 aromatic heterocycles. The normalized spacial score (nSPS) is 9.79. The summed E-state index contributed by atoms with van der Waals surface area (Å²) in [5.74, 6) is -0.599. The van der Waals surface area contributed by atoms with Gasteiger partial charge in [-0.25, -0.2) is 0 Å². The van der Waals surface area contributed by atoms with Crippen molar-refractivity contribution < 1.29 is 9.59 Å². The van der Waals surface area contributed by atoms with Crippen LogP contribution in [-0.4, -0.2) is 32.0 Å². The third kappa shape index (κ3) is 3.25. The number of carbonyl (C=O) groups excluding carboxylic acids is 2. The van der Waals surface area contributed by atoms with Gasteiger partial charge in [0.15, 0.2) is 0 Å². The molecule has 5 N–H and O–H groups in total. The molecule has 0 aliphatic rings. The molecule has 7 heteroatoms. The van der Waals surface area contributed by atoms with Crippen molar-refractivity contribution in [1.29, 1.82) is 0 Å². The fourth-order valence-corrected chi connectivity index (χ4v) is 2.53. The second kappa shape index (κ2) is 6.79. The summed E-state index contributed by atoms with van der Waals surface area (Å²) >= 11 is 1.16. The van der Waals surface area contributed by atoms with Crippen molar-refractivity contribution in [1.82, 2.24) is 10.6 Å². The number of nitrogen functional groups attached to an aromatic ring is 1. The minimum atomic E-state index is -0.323. The Hall–Kier alpha value is -2.02. The van der Waals surface area contributed by atoms with Gasteiger partial charge < -0.3 is 21.7 Å². The number of carbonyl (C=O) groups is 2. The Morgan fingerprint density at radius 3 is 2.63 bits per heavy atom. The van der Waals surface area contributed by atoms with Crippen LogP contribution in [0.2, 0.25) is 0 Å². The Labute approximate surface area is 116 Å². The van der Waals surface area contributed by atoms with Crippen LogP contribution in [-0.2, 0) is 0 Å². The Balaban J connectivity index is 3.21. The Bertz CT molecular complexity index is 496. The second-order valence-corrected chi connectivity index (χ2v) is 4.68. The average Bonchev–Trinajstić information content (AvgIpc) is 2.73. The summed E-state index contributed by atoms with van der Waals surface area (Å²) < 4.78 is 0. The molecule has 0 spiro atoms. The minimum absolute atomic E-state index is 0.196. The number of nitrogens with one attached hydrogen (secondary N) is 3. The Morgan fingerprint density at radius 2 is 2.11 bits per heavy atom. The van der Waals surface area contributed by atoms with Gasteiger partial charge in [-0.1, -0.05) is 6.08 Å². The summed E-state index contributed by atoms with van der Waals surface area (Å²) in [6.07, 6.45) is 1.66. The lowest BCUT2D eigenvalue weighted by Crippen LogP contribution is -2.23. The molecule has 0 aromatic carbocycles. The number of thiophene rings is 1. The lowest BCUT2D eigenvalue weighted by molar-refractivity contribution is 0.0959. The lowest BCUT2D eigenvalue weighted by Gasteiger charge is -2.04. The molecule has 1 heterocycles. The summed E-state index contributed by atoms with van der Waals surface area (Å²) in [6, 6.07) is 0. The van der Waals surface area contributed by atoms with Gasteiger partial charge in [-0.05, 0) is 6.92 Å². The highest BCUT2D eigenvalue weighted by Gasteiger charge is 2.24. The molecule has 6 nitrogen and oxygen atoms in total. The molecule has 0 unspecified atom stereocenters. The molecule has 0 saturated carbocycles. The molecule has 0 aliphatic heterocycles. The summed E-state index contributed by atoms with van der Waals surface area (Å²) in [5.41, 5.74) is 6.40. The maximum atomic E-state index is 11.9. The largest absolute Gasteiger partial charge is 0.397 e. The number of nitrogens with two attached hydrogens (primary N) is 1. The van der Waals surface area contributed by atoms with Crippen LogP contribution in [0.3, 0.4) is 0 Å². The molecule has 1 aromatic rings. The lowest BCUT2D eigenvalue weighted by atomic mass is 10.2. The number of rotatable bonds is 6. The van der Waals surface area contributed by atoms with Crippen LogP contribution in [0.4, 0.5) is 10.7 Å². The van der Waals surface area contributed by atoms with Crippen LogP contribution < -0.4 is 21.7 Å². The number of anilines is 2. The maximum Gasteiger partial charge on any atom is 0.263 e. The first-order valence-corrected chi connectivity index (χ1v) is 6.65. The molecular formula is C12H18N4O2S.